The molecule has 3 aromatic heterocycles. The van der Waals surface area contributed by atoms with Gasteiger partial charge in [0.1, 0.15) is 0 Å². The lowest BCUT2D eigenvalue weighted by atomic mass is 10.2. The van der Waals surface area contributed by atoms with E-state index in [-0.39, 0.29) is 0 Å². The van der Waals surface area contributed by atoms with Crippen LogP contribution in [0.15, 0.2) is 36.7 Å². The van der Waals surface area contributed by atoms with Gasteiger partial charge in [-0.15, -0.1) is 11.3 Å². The van der Waals surface area contributed by atoms with E-state index >= 15 is 0 Å². The summed E-state index contributed by atoms with van der Waals surface area (Å²) < 4.78 is 2.12. The van der Waals surface area contributed by atoms with Gasteiger partial charge in [0.15, 0.2) is 0 Å². The standard InChI is InChI=1S/C17H20N6S/c1-13-3-4-16(24-13)12-22-7-8-23-15(11-22)9-14(21-23)10-20-17-18-5-2-6-19-17/h2-6,9H,7-8,10-12H2,1H3,(H,18,19,20). The number of nitrogens with one attached hydrogen (secondary N) is 1. The first-order valence-corrected chi connectivity index (χ1v) is 8.92. The van der Waals surface area contributed by atoms with E-state index in [4.69, 9.17) is 0 Å². The number of anilines is 1. The predicted molar refractivity (Wildman–Crippen MR) is 94.8 cm³/mol. The molecule has 0 saturated carbocycles. The van der Waals surface area contributed by atoms with Crippen LogP contribution < -0.4 is 5.32 Å². The maximum absolute atomic E-state index is 4.69. The van der Waals surface area contributed by atoms with Crippen LogP contribution in [0.3, 0.4) is 0 Å². The van der Waals surface area contributed by atoms with Crippen molar-refractivity contribution in [2.24, 2.45) is 0 Å². The largest absolute Gasteiger partial charge is 0.348 e. The summed E-state index contributed by atoms with van der Waals surface area (Å²) in [6.45, 7) is 6.77. The third-order valence-corrected chi connectivity index (χ3v) is 5.08. The van der Waals surface area contributed by atoms with E-state index in [2.05, 4.69) is 55.1 Å². The maximum Gasteiger partial charge on any atom is 0.222 e. The van der Waals surface area contributed by atoms with Crippen LogP contribution in [0, 0.1) is 6.92 Å². The van der Waals surface area contributed by atoms with Gasteiger partial charge in [-0.25, -0.2) is 9.97 Å². The minimum Gasteiger partial charge on any atom is -0.348 e. The second-order valence-electron chi connectivity index (χ2n) is 6.00. The first-order chi connectivity index (χ1) is 11.8. The van der Waals surface area contributed by atoms with E-state index in [9.17, 15) is 0 Å². The van der Waals surface area contributed by atoms with Crippen LogP contribution in [0.1, 0.15) is 21.1 Å². The summed E-state index contributed by atoms with van der Waals surface area (Å²) in [4.78, 5) is 13.6. The molecular formula is C17H20N6S. The first kappa shape index (κ1) is 15.3. The molecule has 7 heteroatoms. The minimum absolute atomic E-state index is 0.637. The van der Waals surface area contributed by atoms with Gasteiger partial charge >= 0.3 is 0 Å². The molecule has 1 aliphatic heterocycles. The molecule has 1 aliphatic rings. The lowest BCUT2D eigenvalue weighted by Gasteiger charge is -2.26. The SMILES string of the molecule is Cc1ccc(CN2CCn3nc(CNc4ncccn4)cc3C2)s1. The molecule has 0 bridgehead atoms. The Morgan fingerprint density at radius 1 is 1.21 bits per heavy atom. The molecule has 0 atom stereocenters. The molecular weight excluding hydrogens is 320 g/mol. The van der Waals surface area contributed by atoms with Gasteiger partial charge in [-0.3, -0.25) is 9.58 Å². The fourth-order valence-electron chi connectivity index (χ4n) is 2.95. The molecule has 0 unspecified atom stereocenters. The van der Waals surface area contributed by atoms with E-state index in [0.717, 1.165) is 31.9 Å². The first-order valence-electron chi connectivity index (χ1n) is 8.10. The molecule has 0 saturated heterocycles. The van der Waals surface area contributed by atoms with Crippen molar-refractivity contribution in [3.05, 3.63) is 57.8 Å². The Labute approximate surface area is 145 Å². The van der Waals surface area contributed by atoms with Gasteiger partial charge in [0, 0.05) is 41.8 Å². The summed E-state index contributed by atoms with van der Waals surface area (Å²) in [5.41, 5.74) is 2.31. The van der Waals surface area contributed by atoms with E-state index in [1.165, 1.54) is 15.4 Å². The average Bonchev–Trinajstić information content (AvgIpc) is 3.19. The molecule has 0 radical (unpaired) electrons. The summed E-state index contributed by atoms with van der Waals surface area (Å²) in [6, 6.07) is 8.43. The Bertz CT molecular complexity index is 810. The number of thiophene rings is 1. The Kier molecular flexibility index (Phi) is 4.27. The van der Waals surface area contributed by atoms with Crippen molar-refractivity contribution < 1.29 is 0 Å². The van der Waals surface area contributed by atoms with Crippen LogP contribution >= 0.6 is 11.3 Å². The lowest BCUT2D eigenvalue weighted by Crippen LogP contribution is -2.33. The van der Waals surface area contributed by atoms with Crippen molar-refractivity contribution in [1.82, 2.24) is 24.6 Å². The van der Waals surface area contributed by atoms with Crippen molar-refractivity contribution in [2.45, 2.75) is 33.1 Å². The van der Waals surface area contributed by atoms with Crippen molar-refractivity contribution >= 4 is 17.3 Å². The highest BCUT2D eigenvalue weighted by Gasteiger charge is 2.19. The number of hydrogen-bond donors (Lipinski definition) is 1. The number of aromatic nitrogens is 4. The zero-order valence-electron chi connectivity index (χ0n) is 13.6. The van der Waals surface area contributed by atoms with Crippen LogP contribution in [-0.2, 0) is 26.2 Å². The molecule has 3 aromatic rings. The van der Waals surface area contributed by atoms with Crippen molar-refractivity contribution in [3.63, 3.8) is 0 Å². The fraction of sp³-hybridized carbons (Fsp3) is 0.353. The van der Waals surface area contributed by atoms with Crippen molar-refractivity contribution in [2.75, 3.05) is 11.9 Å². The number of rotatable bonds is 5. The molecule has 1 N–H and O–H groups in total. The summed E-state index contributed by atoms with van der Waals surface area (Å²) in [7, 11) is 0. The third-order valence-electron chi connectivity index (χ3n) is 4.10. The maximum atomic E-state index is 4.69. The Morgan fingerprint density at radius 2 is 2.08 bits per heavy atom. The fourth-order valence-corrected chi connectivity index (χ4v) is 3.88. The number of aryl methyl sites for hydroxylation is 1. The zero-order chi connectivity index (χ0) is 16.4. The van der Waals surface area contributed by atoms with Gasteiger partial charge in [-0.2, -0.15) is 5.10 Å². The van der Waals surface area contributed by atoms with Gasteiger partial charge in [-0.1, -0.05) is 0 Å². The Hall–Kier alpha value is -2.25. The van der Waals surface area contributed by atoms with Gasteiger partial charge in [0.05, 0.1) is 24.5 Å². The zero-order valence-corrected chi connectivity index (χ0v) is 14.5. The average molecular weight is 340 g/mol. The van der Waals surface area contributed by atoms with E-state index in [1.807, 2.05) is 17.4 Å². The monoisotopic (exact) mass is 340 g/mol. The highest BCUT2D eigenvalue weighted by atomic mass is 32.1. The molecule has 4 heterocycles. The van der Waals surface area contributed by atoms with Gasteiger partial charge in [0.2, 0.25) is 5.95 Å². The highest BCUT2D eigenvalue weighted by Crippen LogP contribution is 2.21. The summed E-state index contributed by atoms with van der Waals surface area (Å²) in [5.74, 6) is 0.637. The lowest BCUT2D eigenvalue weighted by molar-refractivity contribution is 0.207. The van der Waals surface area contributed by atoms with Crippen LogP contribution in [0.2, 0.25) is 0 Å². The van der Waals surface area contributed by atoms with E-state index in [1.54, 1.807) is 12.4 Å². The van der Waals surface area contributed by atoms with Crippen molar-refractivity contribution in [1.29, 1.82) is 0 Å². The minimum atomic E-state index is 0.637. The Balaban J connectivity index is 1.38. The van der Waals surface area contributed by atoms with Gasteiger partial charge in [0.25, 0.3) is 0 Å². The molecule has 0 amide bonds. The molecule has 4 rings (SSSR count). The van der Waals surface area contributed by atoms with Crippen LogP contribution in [-0.4, -0.2) is 31.2 Å². The third kappa shape index (κ3) is 3.47. The van der Waals surface area contributed by atoms with E-state index < -0.39 is 0 Å². The second-order valence-corrected chi connectivity index (χ2v) is 7.37. The molecule has 24 heavy (non-hydrogen) atoms. The highest BCUT2D eigenvalue weighted by molar-refractivity contribution is 7.11. The molecule has 0 aromatic carbocycles. The topological polar surface area (TPSA) is 58.9 Å². The molecule has 124 valence electrons. The quantitative estimate of drug-likeness (QED) is 0.774. The summed E-state index contributed by atoms with van der Waals surface area (Å²) >= 11 is 1.89. The van der Waals surface area contributed by atoms with Gasteiger partial charge < -0.3 is 5.32 Å². The number of nitrogens with zero attached hydrogens (tertiary/aromatic N) is 5. The van der Waals surface area contributed by atoms with Crippen LogP contribution in [0.4, 0.5) is 5.95 Å². The number of hydrogen-bond acceptors (Lipinski definition) is 6. The van der Waals surface area contributed by atoms with Crippen LogP contribution in [0.5, 0.6) is 0 Å². The van der Waals surface area contributed by atoms with E-state index in [0.29, 0.717) is 12.5 Å². The van der Waals surface area contributed by atoms with Gasteiger partial charge in [-0.05, 0) is 31.2 Å². The smallest absolute Gasteiger partial charge is 0.222 e. The summed E-state index contributed by atoms with van der Waals surface area (Å²) in [6.07, 6.45) is 3.47. The molecule has 6 nitrogen and oxygen atoms in total. The summed E-state index contributed by atoms with van der Waals surface area (Å²) in [5, 5.41) is 7.90. The normalized spacial score (nSPS) is 14.5. The van der Waals surface area contributed by atoms with Crippen molar-refractivity contribution in [3.8, 4) is 0 Å². The van der Waals surface area contributed by atoms with Crippen LogP contribution in [0.25, 0.3) is 0 Å². The predicted octanol–water partition coefficient (Wildman–Crippen LogP) is 2.67. The molecule has 0 aliphatic carbocycles. The Morgan fingerprint density at radius 3 is 2.88 bits per heavy atom. The molecule has 0 fully saturated rings. The second kappa shape index (κ2) is 6.70. The number of fused-ring (bicyclic) bond motifs is 1. The molecule has 0 spiro atoms.